The minimum Gasteiger partial charge on any atom is -0.391 e. The molecule has 5 rings (SSSR count). The first-order chi connectivity index (χ1) is 15.7. The smallest absolute Gasteiger partial charge is 0.135 e. The third-order valence-corrected chi connectivity index (χ3v) is 12.4. The molecule has 3 heteroatoms. The predicted octanol–water partition coefficient (Wildman–Crippen LogP) is 7.05. The van der Waals surface area contributed by atoms with E-state index in [2.05, 4.69) is 24.3 Å². The molecule has 0 amide bonds. The molecule has 3 aromatic carbocycles. The van der Waals surface area contributed by atoms with Crippen LogP contribution in [0.3, 0.4) is 0 Å². The van der Waals surface area contributed by atoms with Crippen LogP contribution in [0.4, 0.5) is 0 Å². The Morgan fingerprint density at radius 3 is 1.94 bits per heavy atom. The minimum absolute atomic E-state index is 0.0791. The Morgan fingerprint density at radius 1 is 0.750 bits per heavy atom. The summed E-state index contributed by atoms with van der Waals surface area (Å²) in [6, 6.07) is 30.7. The number of hydrogen-bond acceptors (Lipinski definition) is 2. The van der Waals surface area contributed by atoms with E-state index in [1.54, 1.807) is 0 Å². The van der Waals surface area contributed by atoms with Crippen molar-refractivity contribution in [2.45, 2.75) is 61.9 Å². The highest BCUT2D eigenvalue weighted by atomic mass is 31.2. The summed E-state index contributed by atoms with van der Waals surface area (Å²) < 4.78 is 15.7. The lowest BCUT2D eigenvalue weighted by molar-refractivity contribution is 0.0433. The SMILES string of the molecule is O=P1(c2ccccc2)[C@H](c2ccccc2)CC[C@@]1(c1ccccc1)C(O)C1CCCCC1. The lowest BCUT2D eigenvalue weighted by atomic mass is 9.76. The highest BCUT2D eigenvalue weighted by molar-refractivity contribution is 7.73. The van der Waals surface area contributed by atoms with Gasteiger partial charge in [0.15, 0.2) is 0 Å². The molecule has 4 atom stereocenters. The van der Waals surface area contributed by atoms with E-state index in [0.29, 0.717) is 0 Å². The van der Waals surface area contributed by atoms with Crippen molar-refractivity contribution in [1.29, 1.82) is 0 Å². The normalized spacial score (nSPS) is 29.6. The van der Waals surface area contributed by atoms with Gasteiger partial charge in [-0.05, 0) is 42.7 Å². The maximum atomic E-state index is 15.7. The zero-order valence-electron chi connectivity index (χ0n) is 18.6. The third kappa shape index (κ3) is 3.40. The van der Waals surface area contributed by atoms with Crippen molar-refractivity contribution in [3.63, 3.8) is 0 Å². The largest absolute Gasteiger partial charge is 0.391 e. The highest BCUT2D eigenvalue weighted by Gasteiger charge is 2.63. The Kier molecular flexibility index (Phi) is 6.10. The summed E-state index contributed by atoms with van der Waals surface area (Å²) in [6.07, 6.45) is 6.58. The van der Waals surface area contributed by atoms with Gasteiger partial charge in [0, 0.05) is 11.0 Å². The zero-order valence-corrected chi connectivity index (χ0v) is 19.5. The van der Waals surface area contributed by atoms with Crippen molar-refractivity contribution in [3.05, 3.63) is 102 Å². The van der Waals surface area contributed by atoms with Crippen molar-refractivity contribution >= 4 is 12.4 Å². The van der Waals surface area contributed by atoms with Crippen molar-refractivity contribution in [1.82, 2.24) is 0 Å². The third-order valence-electron chi connectivity index (χ3n) is 8.01. The molecule has 1 aliphatic carbocycles. The minimum atomic E-state index is -3.09. The Balaban J connectivity index is 1.75. The Morgan fingerprint density at radius 2 is 1.31 bits per heavy atom. The molecule has 0 aromatic heterocycles. The average Bonchev–Trinajstić information content (AvgIpc) is 3.20. The summed E-state index contributed by atoms with van der Waals surface area (Å²) >= 11 is 0. The van der Waals surface area contributed by atoms with Crippen molar-refractivity contribution < 1.29 is 9.67 Å². The van der Waals surface area contributed by atoms with Gasteiger partial charge in [-0.3, -0.25) is 0 Å². The number of rotatable bonds is 5. The van der Waals surface area contributed by atoms with Gasteiger partial charge in [-0.25, -0.2) is 0 Å². The summed E-state index contributed by atoms with van der Waals surface area (Å²) in [7, 11) is -3.09. The number of aliphatic hydroxyl groups excluding tert-OH is 1. The molecule has 0 bridgehead atoms. The summed E-state index contributed by atoms with van der Waals surface area (Å²) in [5.41, 5.74) is 2.10. The van der Waals surface area contributed by atoms with Crippen LogP contribution in [0.5, 0.6) is 0 Å². The van der Waals surface area contributed by atoms with Gasteiger partial charge in [-0.1, -0.05) is 110 Å². The van der Waals surface area contributed by atoms with Gasteiger partial charge in [-0.15, -0.1) is 0 Å². The van der Waals surface area contributed by atoms with E-state index in [9.17, 15) is 5.11 Å². The van der Waals surface area contributed by atoms with Crippen LogP contribution in [0.2, 0.25) is 0 Å². The summed E-state index contributed by atoms with van der Waals surface area (Å²) in [5.74, 6) is 0.204. The maximum Gasteiger partial charge on any atom is 0.135 e. The second-order valence-electron chi connectivity index (χ2n) is 9.59. The molecular formula is C29H33O2P. The molecule has 166 valence electrons. The second kappa shape index (κ2) is 9.00. The van der Waals surface area contributed by atoms with Gasteiger partial charge in [-0.2, -0.15) is 0 Å². The summed E-state index contributed by atoms with van der Waals surface area (Å²) in [5, 5.41) is 12.3. The standard InChI is InChI=1S/C29H33O2P/c30-28(24-15-7-2-8-16-24)29(25-17-9-3-10-18-25)22-21-27(23-13-5-1-6-14-23)32(29,31)26-19-11-4-12-20-26/h1,3-6,9-14,17-20,24,27-28,30H,2,7-8,15-16,21-22H2/t27-,28?,29+,32?/m0/s1. The molecule has 32 heavy (non-hydrogen) atoms. The van der Waals surface area contributed by atoms with E-state index >= 15 is 4.57 Å². The van der Waals surface area contributed by atoms with Gasteiger partial charge >= 0.3 is 0 Å². The topological polar surface area (TPSA) is 37.3 Å². The molecule has 2 nitrogen and oxygen atoms in total. The van der Waals surface area contributed by atoms with Gasteiger partial charge in [0.1, 0.15) is 7.14 Å². The van der Waals surface area contributed by atoms with Crippen molar-refractivity contribution in [2.75, 3.05) is 0 Å². The fraction of sp³-hybridized carbons (Fsp3) is 0.379. The van der Waals surface area contributed by atoms with Gasteiger partial charge < -0.3 is 9.67 Å². The van der Waals surface area contributed by atoms with Crippen LogP contribution in [0.15, 0.2) is 91.0 Å². The van der Waals surface area contributed by atoms with Crippen molar-refractivity contribution in [2.24, 2.45) is 5.92 Å². The van der Waals surface area contributed by atoms with E-state index in [-0.39, 0.29) is 11.6 Å². The molecular weight excluding hydrogens is 411 g/mol. The first kappa shape index (κ1) is 21.7. The predicted molar refractivity (Wildman–Crippen MR) is 133 cm³/mol. The Bertz CT molecular complexity index is 1060. The highest BCUT2D eigenvalue weighted by Crippen LogP contribution is 2.80. The lowest BCUT2D eigenvalue weighted by Crippen LogP contribution is -2.44. The van der Waals surface area contributed by atoms with E-state index < -0.39 is 18.4 Å². The molecule has 2 unspecified atom stereocenters. The molecule has 0 spiro atoms. The molecule has 3 aromatic rings. The fourth-order valence-electron chi connectivity index (χ4n) is 6.51. The molecule has 1 saturated carbocycles. The maximum absolute atomic E-state index is 15.7. The van der Waals surface area contributed by atoms with Crippen molar-refractivity contribution in [3.8, 4) is 0 Å². The second-order valence-corrected chi connectivity index (χ2v) is 12.8. The monoisotopic (exact) mass is 444 g/mol. The average molecular weight is 445 g/mol. The molecule has 1 saturated heterocycles. The van der Waals surface area contributed by atoms with Crippen LogP contribution >= 0.6 is 7.14 Å². The van der Waals surface area contributed by atoms with Crippen LogP contribution < -0.4 is 5.30 Å². The lowest BCUT2D eigenvalue weighted by Gasteiger charge is -2.45. The molecule has 2 fully saturated rings. The van der Waals surface area contributed by atoms with Crippen LogP contribution in [0, 0.1) is 5.92 Å². The van der Waals surface area contributed by atoms with Crippen LogP contribution in [0.1, 0.15) is 61.7 Å². The molecule has 1 aliphatic heterocycles. The first-order valence-corrected chi connectivity index (χ1v) is 13.9. The van der Waals surface area contributed by atoms with Gasteiger partial charge in [0.05, 0.1) is 11.3 Å². The van der Waals surface area contributed by atoms with Gasteiger partial charge in [0.2, 0.25) is 0 Å². The summed E-state index contributed by atoms with van der Waals surface area (Å²) in [6.45, 7) is 0. The quantitative estimate of drug-likeness (QED) is 0.428. The molecule has 2 aliphatic rings. The first-order valence-electron chi connectivity index (χ1n) is 12.1. The number of aliphatic hydroxyl groups is 1. The van der Waals surface area contributed by atoms with E-state index in [0.717, 1.165) is 55.0 Å². The Hall–Kier alpha value is -2.15. The molecule has 1 N–H and O–H groups in total. The zero-order chi connectivity index (χ0) is 22.0. The van der Waals surface area contributed by atoms with Crippen LogP contribution in [-0.2, 0) is 9.72 Å². The van der Waals surface area contributed by atoms with E-state index in [1.165, 1.54) is 6.42 Å². The molecule has 1 heterocycles. The van der Waals surface area contributed by atoms with Crippen LogP contribution in [-0.4, -0.2) is 11.2 Å². The fourth-order valence-corrected chi connectivity index (χ4v) is 11.2. The van der Waals surface area contributed by atoms with E-state index in [1.807, 2.05) is 66.7 Å². The van der Waals surface area contributed by atoms with Crippen LogP contribution in [0.25, 0.3) is 0 Å². The number of hydrogen-bond donors (Lipinski definition) is 1. The van der Waals surface area contributed by atoms with E-state index in [4.69, 9.17) is 0 Å². The number of benzene rings is 3. The molecule has 0 radical (unpaired) electrons. The summed E-state index contributed by atoms with van der Waals surface area (Å²) in [4.78, 5) is 0. The Labute approximate surface area is 192 Å². The van der Waals surface area contributed by atoms with Gasteiger partial charge in [0.25, 0.3) is 0 Å².